The summed E-state index contributed by atoms with van der Waals surface area (Å²) in [5.74, 6) is -1.88. The second-order valence-corrected chi connectivity index (χ2v) is 27.4. The SMILES string of the molecule is C=C1C[C@@H]2CCOC3O[C@H](CC)[C@@H]3[C@H]3C[C@@H](OC)[C@H]4O[C@H](CC[C@@H]4O3)CC(=O)O[C@@H]3[C@@H](C)[C@@H]4O[C@@H]5C[C@]6(C[C@@H]7O[C@]8(C[C@H](C)[C@@H]9O[C@H]([C@@H](O)C[C@@H](O)CO)C[C@@H]9O8)C[C@H](C)[C@@H]7O6)O[C@@H]5C[C@@H]4O[C@H]3C[C@H]3O[C@@H](CC[C@@H]1O2)C[C@@H](C)C3=C. The highest BCUT2D eigenvalue weighted by Crippen LogP contribution is 2.56. The van der Waals surface area contributed by atoms with Crippen LogP contribution in [0, 0.1) is 29.6 Å². The zero-order valence-corrected chi connectivity index (χ0v) is 48.7. The molecule has 15 rings (SSSR count). The Kier molecular flexibility index (Phi) is 16.9. The molecule has 15 fully saturated rings. The molecule has 19 nitrogen and oxygen atoms in total. The summed E-state index contributed by atoms with van der Waals surface area (Å²) in [6, 6.07) is 0. The molecule has 0 aliphatic carbocycles. The second-order valence-electron chi connectivity index (χ2n) is 27.4. The van der Waals surface area contributed by atoms with Crippen LogP contribution < -0.4 is 0 Å². The Morgan fingerprint density at radius 1 is 0.617 bits per heavy atom. The molecule has 0 radical (unpaired) electrons. The molecule has 0 aromatic rings. The maximum atomic E-state index is 14.5. The number of aliphatic hydroxyl groups is 3. The Labute approximate surface area is 478 Å². The highest BCUT2D eigenvalue weighted by molar-refractivity contribution is 5.70. The first kappa shape index (κ1) is 58.3. The van der Waals surface area contributed by atoms with Gasteiger partial charge in [0.1, 0.15) is 12.2 Å². The van der Waals surface area contributed by atoms with Gasteiger partial charge in [0.05, 0.1) is 154 Å². The maximum Gasteiger partial charge on any atom is 0.308 e. The van der Waals surface area contributed by atoms with Crippen LogP contribution >= 0.6 is 0 Å². The van der Waals surface area contributed by atoms with Crippen molar-refractivity contribution in [2.24, 2.45) is 29.6 Å². The van der Waals surface area contributed by atoms with E-state index in [0.29, 0.717) is 64.4 Å². The molecule has 15 heterocycles. The molecule has 19 heteroatoms. The van der Waals surface area contributed by atoms with Gasteiger partial charge in [-0.25, -0.2) is 0 Å². The normalized spacial score (nSPS) is 53.5. The molecule has 0 amide bonds. The second kappa shape index (κ2) is 23.4. The lowest BCUT2D eigenvalue weighted by molar-refractivity contribution is -0.347. The van der Waals surface area contributed by atoms with E-state index in [1.165, 1.54) is 0 Å². The molecule has 3 N–H and O–H groups in total. The lowest BCUT2D eigenvalue weighted by atomic mass is 9.79. The zero-order valence-electron chi connectivity index (χ0n) is 48.7. The van der Waals surface area contributed by atoms with Crippen molar-refractivity contribution in [3.8, 4) is 0 Å². The fourth-order valence-electron chi connectivity index (χ4n) is 17.5. The van der Waals surface area contributed by atoms with Crippen LogP contribution in [0.4, 0.5) is 0 Å². The molecule has 1 unspecified atom stereocenters. The van der Waals surface area contributed by atoms with Gasteiger partial charge >= 0.3 is 5.97 Å². The summed E-state index contributed by atoms with van der Waals surface area (Å²) in [7, 11) is 1.73. The molecule has 0 aromatic carbocycles. The Bertz CT molecular complexity index is 2250. The number of fused-ring (bicyclic) bond motifs is 6. The van der Waals surface area contributed by atoms with E-state index in [-0.39, 0.29) is 165 Å². The van der Waals surface area contributed by atoms with Crippen LogP contribution in [0.25, 0.3) is 0 Å². The van der Waals surface area contributed by atoms with Gasteiger partial charge in [0.15, 0.2) is 17.9 Å². The number of aliphatic hydroxyl groups excluding tert-OH is 3. The molecule has 15 saturated heterocycles. The van der Waals surface area contributed by atoms with E-state index in [1.807, 2.05) is 0 Å². The van der Waals surface area contributed by atoms with Crippen LogP contribution in [-0.4, -0.2) is 200 Å². The number of ether oxygens (including phenoxy) is 15. The van der Waals surface area contributed by atoms with Crippen LogP contribution in [0.15, 0.2) is 24.3 Å². The average molecular weight is 1140 g/mol. The smallest absolute Gasteiger partial charge is 0.308 e. The average Bonchev–Trinajstić information content (AvgIpc) is 4.28. The number of rotatable bonds is 6. The number of methoxy groups -OCH3 is 1. The minimum atomic E-state index is -1.02. The lowest BCUT2D eigenvalue weighted by Crippen LogP contribution is -2.62. The van der Waals surface area contributed by atoms with Crippen molar-refractivity contribution in [1.29, 1.82) is 0 Å². The molecule has 8 bridgehead atoms. The van der Waals surface area contributed by atoms with Gasteiger partial charge in [0.2, 0.25) is 0 Å². The third-order valence-corrected chi connectivity index (χ3v) is 21.6. The first-order valence-corrected chi connectivity index (χ1v) is 31.6. The first-order chi connectivity index (χ1) is 39.0. The predicted octanol–water partition coefficient (Wildman–Crippen LogP) is 6.06. The van der Waals surface area contributed by atoms with Crippen molar-refractivity contribution in [3.63, 3.8) is 0 Å². The van der Waals surface area contributed by atoms with Gasteiger partial charge in [-0.1, -0.05) is 47.8 Å². The lowest BCUT2D eigenvalue weighted by Gasteiger charge is -2.53. The van der Waals surface area contributed by atoms with E-state index in [0.717, 1.165) is 56.1 Å². The standard InChI is InChI=1S/C62H94O19/c1-9-40-54-46-23-47(67-8)59-42(72-46)13-11-37(71-59)19-53(66)77-58-34(7)57-49(73-48(58)20-43-33(6)29(2)16-36(70-43)10-12-41-30(3)17-38(69-41)14-15-68-60(54)76-40)22-45-51(75-57)26-62(78-45)27-52-56(81-62)32(5)25-61(80-52)24-31(4)55-50(79-61)21-44(74-55)39(65)18-35(64)28-63/h29,31-32,34-52,54-60,63-65H,3,6,9-28H2,1-2,4-5,7-8H3/t29-,31+,32+,34+,35-,36+,37-,38+,39+,40-,41+,42+,43-,44+,45-,46-,47-,48+,49+,50+,51-,52+,54-,55+,56+,57+,58-,59+,60?,61-,62+/m1/s1. The van der Waals surface area contributed by atoms with E-state index in [9.17, 15) is 20.1 Å². The predicted molar refractivity (Wildman–Crippen MR) is 287 cm³/mol. The summed E-state index contributed by atoms with van der Waals surface area (Å²) in [5.41, 5.74) is 2.14. The van der Waals surface area contributed by atoms with E-state index < -0.39 is 48.7 Å². The Morgan fingerprint density at radius 3 is 2.14 bits per heavy atom. The van der Waals surface area contributed by atoms with Crippen molar-refractivity contribution in [2.75, 3.05) is 20.3 Å². The van der Waals surface area contributed by atoms with Gasteiger partial charge in [0.25, 0.3) is 0 Å². The number of carbonyl (C=O) groups is 1. The van der Waals surface area contributed by atoms with E-state index in [2.05, 4.69) is 47.8 Å². The monoisotopic (exact) mass is 1140 g/mol. The third kappa shape index (κ3) is 11.4. The van der Waals surface area contributed by atoms with Gasteiger partial charge in [-0.15, -0.1) is 0 Å². The van der Waals surface area contributed by atoms with E-state index in [4.69, 9.17) is 71.1 Å². The highest BCUT2D eigenvalue weighted by Gasteiger charge is 2.66. The molecule has 81 heavy (non-hydrogen) atoms. The summed E-state index contributed by atoms with van der Waals surface area (Å²) in [6.45, 7) is 20.0. The van der Waals surface area contributed by atoms with Crippen LogP contribution in [0.1, 0.15) is 150 Å². The number of hydrogen-bond donors (Lipinski definition) is 3. The number of hydrogen-bond acceptors (Lipinski definition) is 19. The molecule has 2 spiro atoms. The largest absolute Gasteiger partial charge is 0.459 e. The minimum Gasteiger partial charge on any atom is -0.459 e. The summed E-state index contributed by atoms with van der Waals surface area (Å²) in [5, 5.41) is 30.4. The van der Waals surface area contributed by atoms with Crippen LogP contribution in [0.5, 0.6) is 0 Å². The molecule has 31 atom stereocenters. The quantitative estimate of drug-likeness (QED) is 0.204. The highest BCUT2D eigenvalue weighted by atomic mass is 16.8. The zero-order chi connectivity index (χ0) is 56.2. The van der Waals surface area contributed by atoms with Crippen molar-refractivity contribution >= 4 is 5.97 Å². The van der Waals surface area contributed by atoms with E-state index in [1.54, 1.807) is 7.11 Å². The van der Waals surface area contributed by atoms with E-state index >= 15 is 0 Å². The Hall–Kier alpha value is -1.73. The molecule has 15 aliphatic heterocycles. The molecular formula is C62H94O19. The first-order valence-electron chi connectivity index (χ1n) is 31.6. The summed E-state index contributed by atoms with van der Waals surface area (Å²) in [4.78, 5) is 14.5. The van der Waals surface area contributed by atoms with Gasteiger partial charge in [0, 0.05) is 70.8 Å². The number of esters is 1. The molecule has 15 aliphatic rings. The fourth-order valence-corrected chi connectivity index (χ4v) is 17.5. The Balaban J connectivity index is 0.707. The third-order valence-electron chi connectivity index (χ3n) is 21.6. The van der Waals surface area contributed by atoms with Crippen molar-refractivity contribution in [1.82, 2.24) is 0 Å². The van der Waals surface area contributed by atoms with Gasteiger partial charge in [-0.05, 0) is 80.3 Å². The summed E-state index contributed by atoms with van der Waals surface area (Å²) in [6.07, 6.45) is 3.02. The molecule has 456 valence electrons. The van der Waals surface area contributed by atoms with Gasteiger partial charge in [-0.2, -0.15) is 0 Å². The number of carbonyl (C=O) groups excluding carboxylic acids is 1. The molecule has 0 saturated carbocycles. The Morgan fingerprint density at radius 2 is 1.33 bits per heavy atom. The van der Waals surface area contributed by atoms with Crippen LogP contribution in [0.2, 0.25) is 0 Å². The van der Waals surface area contributed by atoms with Gasteiger partial charge in [-0.3, -0.25) is 4.79 Å². The molecule has 0 aromatic heterocycles. The minimum absolute atomic E-state index is 0.0242. The summed E-state index contributed by atoms with van der Waals surface area (Å²) >= 11 is 0. The fraction of sp³-hybridized carbons (Fsp3) is 0.919. The summed E-state index contributed by atoms with van der Waals surface area (Å²) < 4.78 is 102. The molecular weight excluding hydrogens is 1050 g/mol. The topological polar surface area (TPSA) is 216 Å². The van der Waals surface area contributed by atoms with Crippen LogP contribution in [-0.2, 0) is 75.8 Å². The van der Waals surface area contributed by atoms with Crippen LogP contribution in [0.3, 0.4) is 0 Å². The van der Waals surface area contributed by atoms with Gasteiger partial charge < -0.3 is 86.4 Å². The van der Waals surface area contributed by atoms with Crippen molar-refractivity contribution in [2.45, 2.75) is 308 Å². The van der Waals surface area contributed by atoms with Crippen molar-refractivity contribution < 1.29 is 91.2 Å². The van der Waals surface area contributed by atoms with Crippen molar-refractivity contribution in [3.05, 3.63) is 24.3 Å². The maximum absolute atomic E-state index is 14.5.